The highest BCUT2D eigenvalue weighted by atomic mass is 32.1. The third-order valence-electron chi connectivity index (χ3n) is 4.21. The molecule has 25 heavy (non-hydrogen) atoms. The fourth-order valence-corrected chi connectivity index (χ4v) is 4.29. The van der Waals surface area contributed by atoms with Crippen LogP contribution in [0.2, 0.25) is 0 Å². The van der Waals surface area contributed by atoms with Gasteiger partial charge in [0.25, 0.3) is 0 Å². The molecule has 1 unspecified atom stereocenters. The van der Waals surface area contributed by atoms with Crippen LogP contribution in [0, 0.1) is 5.92 Å². The highest BCUT2D eigenvalue weighted by molar-refractivity contribution is 7.11. The van der Waals surface area contributed by atoms with Crippen LogP contribution in [0.15, 0.2) is 12.1 Å². The predicted octanol–water partition coefficient (Wildman–Crippen LogP) is 2.15. The van der Waals surface area contributed by atoms with Gasteiger partial charge in [-0.3, -0.25) is 4.90 Å². The maximum absolute atomic E-state index is 5.93. The first kappa shape index (κ1) is 18.4. The van der Waals surface area contributed by atoms with Crippen molar-refractivity contribution in [3.63, 3.8) is 0 Å². The van der Waals surface area contributed by atoms with E-state index in [1.165, 1.54) is 9.75 Å². The molecular formula is C17H27N5O2S. The molecule has 3 rings (SSSR count). The molecule has 3 heterocycles. The van der Waals surface area contributed by atoms with Gasteiger partial charge in [0.1, 0.15) is 6.10 Å². The van der Waals surface area contributed by atoms with Crippen molar-refractivity contribution in [1.29, 1.82) is 0 Å². The molecule has 0 N–H and O–H groups in total. The Morgan fingerprint density at radius 3 is 3.00 bits per heavy atom. The molecule has 1 aliphatic heterocycles. The lowest BCUT2D eigenvalue weighted by Gasteiger charge is -2.31. The summed E-state index contributed by atoms with van der Waals surface area (Å²) >= 11 is 1.92. The van der Waals surface area contributed by atoms with Gasteiger partial charge < -0.3 is 9.47 Å². The van der Waals surface area contributed by atoms with Crippen LogP contribution in [0.25, 0.3) is 0 Å². The standard InChI is InChI=1S/C17H27N5O2S/c1-13(2)10-14-4-5-15(25-14)11-21-6-9-24-16(12-21)17-18-19-20-22(17)7-8-23-3/h4-5,13,16H,6-12H2,1-3H3. The fraction of sp³-hybridized carbons (Fsp3) is 0.706. The zero-order valence-electron chi connectivity index (χ0n) is 15.2. The van der Waals surface area contributed by atoms with Crippen LogP contribution >= 0.6 is 11.3 Å². The first-order valence-electron chi connectivity index (χ1n) is 8.82. The highest BCUT2D eigenvalue weighted by Gasteiger charge is 2.27. The lowest BCUT2D eigenvalue weighted by molar-refractivity contribution is -0.0393. The van der Waals surface area contributed by atoms with Crippen molar-refractivity contribution in [1.82, 2.24) is 25.1 Å². The molecule has 0 aromatic carbocycles. The van der Waals surface area contributed by atoms with Gasteiger partial charge in [-0.05, 0) is 34.9 Å². The quantitative estimate of drug-likeness (QED) is 0.714. The van der Waals surface area contributed by atoms with Crippen molar-refractivity contribution in [2.75, 3.05) is 33.4 Å². The van der Waals surface area contributed by atoms with E-state index in [1.807, 2.05) is 11.3 Å². The van der Waals surface area contributed by atoms with Gasteiger partial charge in [0.15, 0.2) is 5.82 Å². The molecular weight excluding hydrogens is 338 g/mol. The zero-order valence-corrected chi connectivity index (χ0v) is 16.0. The molecule has 1 fully saturated rings. The van der Waals surface area contributed by atoms with Crippen molar-refractivity contribution < 1.29 is 9.47 Å². The van der Waals surface area contributed by atoms with E-state index in [1.54, 1.807) is 11.8 Å². The van der Waals surface area contributed by atoms with Gasteiger partial charge in [-0.25, -0.2) is 4.68 Å². The van der Waals surface area contributed by atoms with Crippen LogP contribution in [0.5, 0.6) is 0 Å². The third kappa shape index (κ3) is 5.07. The molecule has 0 aliphatic carbocycles. The Hall–Kier alpha value is -1.35. The van der Waals surface area contributed by atoms with Crippen molar-refractivity contribution in [2.45, 2.75) is 39.5 Å². The van der Waals surface area contributed by atoms with Gasteiger partial charge in [-0.15, -0.1) is 16.4 Å². The lowest BCUT2D eigenvalue weighted by Crippen LogP contribution is -2.38. The van der Waals surface area contributed by atoms with Gasteiger partial charge in [-0.1, -0.05) is 13.8 Å². The van der Waals surface area contributed by atoms with Gasteiger partial charge in [0.2, 0.25) is 0 Å². The number of methoxy groups -OCH3 is 1. The number of morpholine rings is 1. The van der Waals surface area contributed by atoms with E-state index in [0.717, 1.165) is 31.9 Å². The normalized spacial score (nSPS) is 19.0. The summed E-state index contributed by atoms with van der Waals surface area (Å²) in [6.45, 7) is 9.16. The van der Waals surface area contributed by atoms with E-state index in [0.29, 0.717) is 25.7 Å². The molecule has 0 bridgehead atoms. The lowest BCUT2D eigenvalue weighted by atomic mass is 10.1. The maximum atomic E-state index is 5.93. The minimum atomic E-state index is -0.0873. The maximum Gasteiger partial charge on any atom is 0.181 e. The Balaban J connectivity index is 1.59. The minimum Gasteiger partial charge on any atom is -0.383 e. The molecule has 7 nitrogen and oxygen atoms in total. The van der Waals surface area contributed by atoms with E-state index >= 15 is 0 Å². The Kier molecular flexibility index (Phi) is 6.52. The average molecular weight is 366 g/mol. The summed E-state index contributed by atoms with van der Waals surface area (Å²) < 4.78 is 12.8. The monoisotopic (exact) mass is 365 g/mol. The van der Waals surface area contributed by atoms with E-state index in [9.17, 15) is 0 Å². The molecule has 0 radical (unpaired) electrons. The molecule has 1 atom stereocenters. The highest BCUT2D eigenvalue weighted by Crippen LogP contribution is 2.25. The molecule has 0 amide bonds. The van der Waals surface area contributed by atoms with Gasteiger partial charge in [0, 0.05) is 36.5 Å². The van der Waals surface area contributed by atoms with Gasteiger partial charge >= 0.3 is 0 Å². The van der Waals surface area contributed by atoms with Crippen LogP contribution in [0.4, 0.5) is 0 Å². The topological polar surface area (TPSA) is 65.3 Å². The van der Waals surface area contributed by atoms with Gasteiger partial charge in [-0.2, -0.15) is 0 Å². The Morgan fingerprint density at radius 2 is 2.20 bits per heavy atom. The summed E-state index contributed by atoms with van der Waals surface area (Å²) in [5, 5.41) is 12.0. The number of hydrogen-bond acceptors (Lipinski definition) is 7. The molecule has 0 saturated carbocycles. The summed E-state index contributed by atoms with van der Waals surface area (Å²) in [6, 6.07) is 4.53. The predicted molar refractivity (Wildman–Crippen MR) is 96.5 cm³/mol. The van der Waals surface area contributed by atoms with Crippen molar-refractivity contribution in [3.8, 4) is 0 Å². The largest absolute Gasteiger partial charge is 0.383 e. The Bertz CT molecular complexity index is 657. The van der Waals surface area contributed by atoms with Crippen LogP contribution in [-0.2, 0) is 29.0 Å². The zero-order chi connectivity index (χ0) is 17.6. The van der Waals surface area contributed by atoms with Crippen LogP contribution in [0.3, 0.4) is 0 Å². The second-order valence-electron chi connectivity index (χ2n) is 6.81. The van der Waals surface area contributed by atoms with Crippen LogP contribution in [0.1, 0.15) is 35.5 Å². The molecule has 2 aromatic heterocycles. The molecule has 0 spiro atoms. The Labute approximate surface area is 152 Å². The second kappa shape index (κ2) is 8.84. The number of rotatable bonds is 8. The minimum absolute atomic E-state index is 0.0873. The first-order chi connectivity index (χ1) is 12.2. The van der Waals surface area contributed by atoms with E-state index in [2.05, 4.69) is 46.4 Å². The smallest absolute Gasteiger partial charge is 0.181 e. The van der Waals surface area contributed by atoms with E-state index in [4.69, 9.17) is 9.47 Å². The summed E-state index contributed by atoms with van der Waals surface area (Å²) in [6.07, 6.45) is 1.07. The Morgan fingerprint density at radius 1 is 1.36 bits per heavy atom. The number of nitrogens with zero attached hydrogens (tertiary/aromatic N) is 5. The molecule has 1 aliphatic rings. The number of tetrazole rings is 1. The molecule has 8 heteroatoms. The molecule has 2 aromatic rings. The van der Waals surface area contributed by atoms with Gasteiger partial charge in [0.05, 0.1) is 19.8 Å². The third-order valence-corrected chi connectivity index (χ3v) is 5.30. The van der Waals surface area contributed by atoms with Crippen molar-refractivity contribution in [2.24, 2.45) is 5.92 Å². The van der Waals surface area contributed by atoms with Crippen molar-refractivity contribution in [3.05, 3.63) is 27.7 Å². The summed E-state index contributed by atoms with van der Waals surface area (Å²) in [7, 11) is 1.68. The average Bonchev–Trinajstić information content (AvgIpc) is 3.22. The number of ether oxygens (including phenoxy) is 2. The number of thiophene rings is 1. The summed E-state index contributed by atoms with van der Waals surface area (Å²) in [5.41, 5.74) is 0. The van der Waals surface area contributed by atoms with Crippen LogP contribution in [-0.4, -0.2) is 58.5 Å². The van der Waals surface area contributed by atoms with E-state index in [-0.39, 0.29) is 6.10 Å². The van der Waals surface area contributed by atoms with Crippen molar-refractivity contribution >= 4 is 11.3 Å². The summed E-state index contributed by atoms with van der Waals surface area (Å²) in [4.78, 5) is 5.31. The number of aromatic nitrogens is 4. The number of hydrogen-bond donors (Lipinski definition) is 0. The van der Waals surface area contributed by atoms with E-state index < -0.39 is 0 Å². The second-order valence-corrected chi connectivity index (χ2v) is 8.07. The SMILES string of the molecule is COCCn1nnnc1C1CN(Cc2ccc(CC(C)C)s2)CCO1. The molecule has 138 valence electrons. The first-order valence-corrected chi connectivity index (χ1v) is 9.64. The van der Waals surface area contributed by atoms with Crippen LogP contribution < -0.4 is 0 Å². The fourth-order valence-electron chi connectivity index (χ4n) is 3.02. The molecule has 1 saturated heterocycles. The summed E-state index contributed by atoms with van der Waals surface area (Å²) in [5.74, 6) is 1.48.